The molecular weight excluding hydrogens is 384 g/mol. The van der Waals surface area contributed by atoms with E-state index in [2.05, 4.69) is 20.8 Å². The Kier molecular flexibility index (Phi) is 10.6. The van der Waals surface area contributed by atoms with E-state index in [0.29, 0.717) is 49.0 Å². The normalized spacial score (nSPS) is 11.1. The Labute approximate surface area is 180 Å². The molecular formula is C24H36O6. The molecule has 168 valence electrons. The first-order chi connectivity index (χ1) is 14.1. The molecule has 6 nitrogen and oxygen atoms in total. The molecule has 0 unspecified atom stereocenters. The van der Waals surface area contributed by atoms with Crippen LogP contribution in [0.2, 0.25) is 0 Å². The van der Waals surface area contributed by atoms with Gasteiger partial charge in [-0.05, 0) is 42.4 Å². The molecule has 0 aliphatic rings. The Bertz CT molecular complexity index is 687. The van der Waals surface area contributed by atoms with Gasteiger partial charge in [-0.1, -0.05) is 41.5 Å². The third-order valence-corrected chi connectivity index (χ3v) is 4.46. The Morgan fingerprint density at radius 3 is 1.50 bits per heavy atom. The fraction of sp³-hybridized carbons (Fsp3) is 0.625. The van der Waals surface area contributed by atoms with Crippen molar-refractivity contribution < 1.29 is 28.6 Å². The zero-order chi connectivity index (χ0) is 22.7. The highest BCUT2D eigenvalue weighted by atomic mass is 16.6. The maximum atomic E-state index is 12.2. The van der Waals surface area contributed by atoms with Gasteiger partial charge in [0.05, 0.1) is 0 Å². The molecule has 6 heteroatoms. The molecule has 0 amide bonds. The summed E-state index contributed by atoms with van der Waals surface area (Å²) in [5.74, 6) is -0.667. The van der Waals surface area contributed by atoms with Crippen LogP contribution < -0.4 is 4.74 Å². The first-order valence-corrected chi connectivity index (χ1v) is 10.8. The first kappa shape index (κ1) is 25.7. The van der Waals surface area contributed by atoms with Crippen LogP contribution in [-0.4, -0.2) is 17.9 Å². The van der Waals surface area contributed by atoms with Crippen LogP contribution in [0.4, 0.5) is 0 Å². The SMILES string of the molecule is CCCC(=O)OCc1cc(C(C)(C)C)cc(COC(=O)CCC)c1OC(=O)CCC. The average Bonchev–Trinajstić information content (AvgIpc) is 2.65. The van der Waals surface area contributed by atoms with Crippen LogP contribution in [-0.2, 0) is 42.5 Å². The highest BCUT2D eigenvalue weighted by Crippen LogP contribution is 2.33. The zero-order valence-electron chi connectivity index (χ0n) is 19.3. The van der Waals surface area contributed by atoms with E-state index in [0.717, 1.165) is 5.56 Å². The number of esters is 3. The van der Waals surface area contributed by atoms with Gasteiger partial charge >= 0.3 is 17.9 Å². The summed E-state index contributed by atoms with van der Waals surface area (Å²) in [5, 5.41) is 0. The molecule has 1 aromatic rings. The van der Waals surface area contributed by atoms with E-state index in [-0.39, 0.29) is 43.0 Å². The molecule has 1 rings (SSSR count). The van der Waals surface area contributed by atoms with Crippen LogP contribution in [0.1, 0.15) is 96.8 Å². The second kappa shape index (κ2) is 12.4. The third-order valence-electron chi connectivity index (χ3n) is 4.46. The van der Waals surface area contributed by atoms with Crippen molar-refractivity contribution in [2.24, 2.45) is 0 Å². The Morgan fingerprint density at radius 2 is 1.13 bits per heavy atom. The predicted molar refractivity (Wildman–Crippen MR) is 115 cm³/mol. The van der Waals surface area contributed by atoms with E-state index in [9.17, 15) is 14.4 Å². The van der Waals surface area contributed by atoms with Crippen molar-refractivity contribution in [2.75, 3.05) is 0 Å². The maximum Gasteiger partial charge on any atom is 0.311 e. The second-order valence-electron chi connectivity index (χ2n) is 8.42. The molecule has 0 saturated heterocycles. The van der Waals surface area contributed by atoms with Gasteiger partial charge in [0.15, 0.2) is 0 Å². The summed E-state index contributed by atoms with van der Waals surface area (Å²) in [4.78, 5) is 36.1. The Hall–Kier alpha value is -2.37. The van der Waals surface area contributed by atoms with Crippen molar-refractivity contribution in [3.8, 4) is 5.75 Å². The second-order valence-corrected chi connectivity index (χ2v) is 8.42. The highest BCUT2D eigenvalue weighted by molar-refractivity contribution is 5.74. The monoisotopic (exact) mass is 420 g/mol. The molecule has 0 aromatic heterocycles. The summed E-state index contributed by atoms with van der Waals surface area (Å²) < 4.78 is 16.4. The van der Waals surface area contributed by atoms with E-state index < -0.39 is 0 Å². The average molecular weight is 421 g/mol. The smallest absolute Gasteiger partial charge is 0.311 e. The van der Waals surface area contributed by atoms with Gasteiger partial charge in [0.25, 0.3) is 0 Å². The van der Waals surface area contributed by atoms with Crippen LogP contribution in [0.25, 0.3) is 0 Å². The van der Waals surface area contributed by atoms with E-state index in [1.54, 1.807) is 0 Å². The van der Waals surface area contributed by atoms with Crippen molar-refractivity contribution in [2.45, 2.75) is 98.7 Å². The molecule has 0 saturated carbocycles. The lowest BCUT2D eigenvalue weighted by Crippen LogP contribution is -2.17. The number of ether oxygens (including phenoxy) is 3. The molecule has 0 heterocycles. The fourth-order valence-electron chi connectivity index (χ4n) is 2.77. The molecule has 0 atom stereocenters. The van der Waals surface area contributed by atoms with Gasteiger partial charge < -0.3 is 14.2 Å². The standard InChI is InChI=1S/C24H36O6/c1-7-10-20(25)28-15-17-13-19(24(4,5)6)14-18(16-29-21(26)11-8-2)23(17)30-22(27)12-9-3/h13-14H,7-12,15-16H2,1-6H3. The van der Waals surface area contributed by atoms with Crippen molar-refractivity contribution in [1.29, 1.82) is 0 Å². The van der Waals surface area contributed by atoms with Crippen molar-refractivity contribution >= 4 is 17.9 Å². The van der Waals surface area contributed by atoms with Gasteiger partial charge in [-0.25, -0.2) is 0 Å². The topological polar surface area (TPSA) is 78.9 Å². The number of carbonyl (C=O) groups is 3. The highest BCUT2D eigenvalue weighted by Gasteiger charge is 2.23. The minimum absolute atomic E-state index is 0.00655. The lowest BCUT2D eigenvalue weighted by molar-refractivity contribution is -0.145. The van der Waals surface area contributed by atoms with Gasteiger partial charge in [0.1, 0.15) is 19.0 Å². The van der Waals surface area contributed by atoms with Crippen LogP contribution in [0.5, 0.6) is 5.75 Å². The van der Waals surface area contributed by atoms with E-state index in [1.807, 2.05) is 32.9 Å². The molecule has 1 aromatic carbocycles. The molecule has 0 bridgehead atoms. The van der Waals surface area contributed by atoms with Crippen LogP contribution in [0, 0.1) is 0 Å². The van der Waals surface area contributed by atoms with E-state index in [1.165, 1.54) is 0 Å². The molecule has 0 spiro atoms. The largest absolute Gasteiger partial charge is 0.461 e. The van der Waals surface area contributed by atoms with Crippen LogP contribution in [0.15, 0.2) is 12.1 Å². The molecule has 0 aliphatic carbocycles. The van der Waals surface area contributed by atoms with Crippen molar-refractivity contribution in [3.05, 3.63) is 28.8 Å². The van der Waals surface area contributed by atoms with Crippen LogP contribution >= 0.6 is 0 Å². The quantitative estimate of drug-likeness (QED) is 0.353. The molecule has 0 aliphatic heterocycles. The summed E-state index contributed by atoms with van der Waals surface area (Å²) >= 11 is 0. The lowest BCUT2D eigenvalue weighted by atomic mass is 9.84. The van der Waals surface area contributed by atoms with Gasteiger partial charge in [0, 0.05) is 30.4 Å². The Balaban J connectivity index is 3.35. The predicted octanol–water partition coefficient (Wildman–Crippen LogP) is 5.38. The van der Waals surface area contributed by atoms with Gasteiger partial charge in [-0.3, -0.25) is 14.4 Å². The number of carbonyl (C=O) groups excluding carboxylic acids is 3. The molecule has 0 fully saturated rings. The minimum Gasteiger partial charge on any atom is -0.461 e. The summed E-state index contributed by atoms with van der Waals surface area (Å²) in [6.07, 6.45) is 2.96. The fourth-order valence-corrected chi connectivity index (χ4v) is 2.77. The molecule has 30 heavy (non-hydrogen) atoms. The summed E-state index contributed by atoms with van der Waals surface area (Å²) in [7, 11) is 0. The summed E-state index contributed by atoms with van der Waals surface area (Å²) in [6.45, 7) is 11.9. The van der Waals surface area contributed by atoms with Crippen LogP contribution in [0.3, 0.4) is 0 Å². The maximum absolute atomic E-state index is 12.2. The van der Waals surface area contributed by atoms with E-state index >= 15 is 0 Å². The summed E-state index contributed by atoms with van der Waals surface area (Å²) in [6, 6.07) is 3.79. The van der Waals surface area contributed by atoms with Gasteiger partial charge in [0.2, 0.25) is 0 Å². The number of benzene rings is 1. The number of hydrogen-bond donors (Lipinski definition) is 0. The third kappa shape index (κ3) is 8.56. The minimum atomic E-state index is -0.372. The first-order valence-electron chi connectivity index (χ1n) is 10.8. The molecule has 0 radical (unpaired) electrons. The zero-order valence-corrected chi connectivity index (χ0v) is 19.3. The lowest BCUT2D eigenvalue weighted by Gasteiger charge is -2.24. The van der Waals surface area contributed by atoms with Gasteiger partial charge in [-0.15, -0.1) is 0 Å². The number of rotatable bonds is 11. The van der Waals surface area contributed by atoms with Crippen molar-refractivity contribution in [1.82, 2.24) is 0 Å². The Morgan fingerprint density at radius 1 is 0.733 bits per heavy atom. The van der Waals surface area contributed by atoms with Gasteiger partial charge in [-0.2, -0.15) is 0 Å². The molecule has 0 N–H and O–H groups in total. The van der Waals surface area contributed by atoms with Crippen molar-refractivity contribution in [3.63, 3.8) is 0 Å². The van der Waals surface area contributed by atoms with E-state index in [4.69, 9.17) is 14.2 Å². The number of hydrogen-bond acceptors (Lipinski definition) is 6. The summed E-state index contributed by atoms with van der Waals surface area (Å²) in [5.41, 5.74) is 1.97.